The Morgan fingerprint density at radius 3 is 0.556 bits per heavy atom. The topological polar surface area (TPSA) is 94.0 Å². The van der Waals surface area contributed by atoms with Gasteiger partial charge in [0.2, 0.25) is 0 Å². The summed E-state index contributed by atoms with van der Waals surface area (Å²) in [6.07, 6.45) is 3.85. The van der Waals surface area contributed by atoms with Crippen LogP contribution in [0.2, 0.25) is 0 Å². The van der Waals surface area contributed by atoms with Crippen molar-refractivity contribution in [2.75, 3.05) is 0 Å². The third-order valence-corrected chi connectivity index (χ3v) is 28.3. The minimum atomic E-state index is 0.677. The van der Waals surface area contributed by atoms with E-state index >= 15 is 0 Å². The molecule has 0 unspecified atom stereocenters. The number of pyridine rings is 3. The Morgan fingerprint density at radius 1 is 0.132 bits per heavy atom. The summed E-state index contributed by atoms with van der Waals surface area (Å²) in [5, 5.41) is 14.7. The maximum atomic E-state index is 5.33. The molecule has 19 aromatic carbocycles. The van der Waals surface area contributed by atoms with Gasteiger partial charge in [-0.3, -0.25) is 0 Å². The number of para-hydroxylation sites is 9. The van der Waals surface area contributed by atoms with Crippen LogP contribution in [-0.2, 0) is 0 Å². The van der Waals surface area contributed by atoms with E-state index in [-0.39, 0.29) is 0 Å². The van der Waals surface area contributed by atoms with Crippen LogP contribution in [-0.4, -0.2) is 52.3 Å². The van der Waals surface area contributed by atoms with Crippen molar-refractivity contribution in [3.8, 4) is 124 Å². The molecule has 29 aromatic rings. The summed E-state index contributed by atoms with van der Waals surface area (Å²) < 4.78 is 14.1. The van der Waals surface area contributed by atoms with Gasteiger partial charge in [0.05, 0.1) is 118 Å². The molecular formula is C133H87N11. The van der Waals surface area contributed by atoms with Gasteiger partial charge in [0.25, 0.3) is 0 Å². The minimum Gasteiger partial charge on any atom is -0.309 e. The molecule has 0 bridgehead atoms. The maximum Gasteiger partial charge on any atom is 0.159 e. The van der Waals surface area contributed by atoms with Gasteiger partial charge in [-0.05, 0) is 157 Å². The minimum absolute atomic E-state index is 0.677. The summed E-state index contributed by atoms with van der Waals surface area (Å²) in [6, 6.07) is 183. The molecule has 0 aliphatic heterocycles. The van der Waals surface area contributed by atoms with E-state index in [0.717, 1.165) is 151 Å². The van der Waals surface area contributed by atoms with E-state index in [2.05, 4.69) is 531 Å². The van der Waals surface area contributed by atoms with Gasteiger partial charge in [-0.15, -0.1) is 0 Å². The zero-order chi connectivity index (χ0) is 95.1. The lowest BCUT2D eigenvalue weighted by molar-refractivity contribution is 1.08. The highest BCUT2D eigenvalue weighted by molar-refractivity contribution is 6.18. The normalized spacial score (nSPS) is 11.6. The first kappa shape index (κ1) is 83.8. The Morgan fingerprint density at radius 2 is 0.312 bits per heavy atom. The largest absolute Gasteiger partial charge is 0.309 e. The number of rotatable bonds is 14. The molecule has 10 heterocycles. The van der Waals surface area contributed by atoms with Crippen LogP contribution in [0.5, 0.6) is 0 Å². The van der Waals surface area contributed by atoms with Crippen LogP contribution >= 0.6 is 0 Å². The summed E-state index contributed by atoms with van der Waals surface area (Å²) >= 11 is 0. The van der Waals surface area contributed by atoms with Crippen LogP contribution in [0.1, 0.15) is 0 Å². The second kappa shape index (κ2) is 35.5. The van der Waals surface area contributed by atoms with Crippen LogP contribution in [0.15, 0.2) is 528 Å². The summed E-state index contributed by atoms with van der Waals surface area (Å²) in [5.41, 5.74) is 36.0. The first-order valence-corrected chi connectivity index (χ1v) is 48.8. The van der Waals surface area contributed by atoms with Crippen LogP contribution < -0.4 is 0 Å². The van der Waals surface area contributed by atoms with Crippen molar-refractivity contribution in [2.24, 2.45) is 0 Å². The van der Waals surface area contributed by atoms with Crippen LogP contribution in [0.3, 0.4) is 0 Å². The molecule has 0 amide bonds. The van der Waals surface area contributed by atoms with Crippen molar-refractivity contribution >= 4 is 131 Å². The molecule has 11 heteroatoms. The fourth-order valence-corrected chi connectivity index (χ4v) is 21.7. The Hall–Kier alpha value is -19.5. The van der Waals surface area contributed by atoms with E-state index < -0.39 is 0 Å². The molecule has 29 rings (SSSR count). The summed E-state index contributed by atoms with van der Waals surface area (Å²) in [6.45, 7) is 0. The van der Waals surface area contributed by atoms with Crippen molar-refractivity contribution < 1.29 is 0 Å². The second-order valence-electron chi connectivity index (χ2n) is 36.5. The molecule has 11 nitrogen and oxygen atoms in total. The first-order valence-electron chi connectivity index (χ1n) is 48.8. The van der Waals surface area contributed by atoms with Gasteiger partial charge in [-0.1, -0.05) is 370 Å². The average molecular weight is 1840 g/mol. The molecule has 0 atom stereocenters. The predicted octanol–water partition coefficient (Wildman–Crippen LogP) is 34.0. The van der Waals surface area contributed by atoms with E-state index in [4.69, 9.17) is 24.9 Å². The van der Waals surface area contributed by atoms with Gasteiger partial charge in [0.15, 0.2) is 5.82 Å². The Balaban J connectivity index is 0.000000108. The number of hydrogen-bond acceptors (Lipinski definition) is 5. The van der Waals surface area contributed by atoms with Crippen molar-refractivity contribution in [1.29, 1.82) is 0 Å². The zero-order valence-electron chi connectivity index (χ0n) is 78.1. The lowest BCUT2D eigenvalue weighted by Gasteiger charge is -2.14. The molecular weight excluding hydrogens is 1750 g/mol. The van der Waals surface area contributed by atoms with E-state index in [1.54, 1.807) is 0 Å². The van der Waals surface area contributed by atoms with Crippen molar-refractivity contribution in [3.05, 3.63) is 528 Å². The molecule has 0 radical (unpaired) electrons. The number of benzene rings is 19. The second-order valence-corrected chi connectivity index (χ2v) is 36.5. The quantitative estimate of drug-likeness (QED) is 0.108. The number of nitrogens with zero attached hydrogens (tertiary/aromatic N) is 11. The molecule has 0 fully saturated rings. The first-order chi connectivity index (χ1) is 71.5. The molecule has 0 saturated carbocycles. The number of aromatic nitrogens is 11. The van der Waals surface area contributed by atoms with Gasteiger partial charge in [-0.2, -0.15) is 0 Å². The molecule has 10 aromatic heterocycles. The molecule has 0 spiro atoms. The highest BCUT2D eigenvalue weighted by Crippen LogP contribution is 2.47. The van der Waals surface area contributed by atoms with Gasteiger partial charge in [0, 0.05) is 132 Å². The Bertz CT molecular complexity index is 9390. The lowest BCUT2D eigenvalue weighted by Crippen LogP contribution is -2.00. The molecule has 674 valence electrons. The monoisotopic (exact) mass is 1840 g/mol. The Labute approximate surface area is 829 Å². The third kappa shape index (κ3) is 14.5. The van der Waals surface area contributed by atoms with Gasteiger partial charge >= 0.3 is 0 Å². The highest BCUT2D eigenvalue weighted by atomic mass is 15.1. The molecule has 0 aliphatic rings. The maximum absolute atomic E-state index is 5.33. The number of fused-ring (bicyclic) bond motifs is 18. The van der Waals surface area contributed by atoms with Gasteiger partial charge in [0.1, 0.15) is 0 Å². The molecule has 0 aliphatic carbocycles. The smallest absolute Gasteiger partial charge is 0.159 e. The molecule has 0 N–H and O–H groups in total. The van der Waals surface area contributed by atoms with E-state index in [1.165, 1.54) is 98.1 Å². The van der Waals surface area contributed by atoms with Crippen molar-refractivity contribution in [2.45, 2.75) is 0 Å². The van der Waals surface area contributed by atoms with Crippen LogP contribution in [0.4, 0.5) is 0 Å². The summed E-state index contributed by atoms with van der Waals surface area (Å²) in [5.74, 6) is 0.677. The summed E-state index contributed by atoms with van der Waals surface area (Å²) in [4.78, 5) is 25.8. The standard InChI is InChI=1S/C47H31N3.C45H29N5.C41H27N3/c1-3-13-34(14-4-1)42-31-41-40-19-9-12-22-45(40)50(47(41)46(48-42)35-15-5-2-6-16-35)37-29-25-33(26-30-37)32-23-27-36(28-24-32)49-43-20-10-7-17-38(43)39-18-8-11-21-44(39)49;1-3-13-30(14-4-1)39-27-38-37-19-9-12-22-42(37)50(44(38)43(48-39)31-15-5-2-6-16-31)34-28-46-45(47-29-34)32-23-25-33(26-24-32)49-40-20-10-7-17-35(40)36-18-8-11-21-41(36)49;1-3-13-28(14-4-1)36-27-35-34-19-9-12-22-39(34)44(41(35)40(42-36)29-15-5-2-6-16-29)31-25-23-30(24-26-31)43-37-20-10-7-17-32(37)33-18-8-11-21-38(33)43/h1-31H;1-29H;1-27H. The predicted molar refractivity (Wildman–Crippen MR) is 598 cm³/mol. The SMILES string of the molecule is c1ccc(-c2cc3c4ccccc4n(-c4ccc(-c5ccc(-n6c7ccccc7c7ccccc76)cc5)cc4)c3c(-c3ccccc3)n2)cc1.c1ccc(-c2cc3c4ccccc4n(-c4ccc(-n5c6ccccc6c6ccccc65)cc4)c3c(-c3ccccc3)n2)cc1.c1ccc(-c2cc3c4ccccc4n(-c4cnc(-c5ccc(-n6c7ccccc7c7ccccc76)cc5)nc4)c3c(-c3ccccc3)n2)cc1. The number of hydrogen-bond donors (Lipinski definition) is 0. The van der Waals surface area contributed by atoms with Crippen LogP contribution in [0, 0.1) is 0 Å². The molecule has 0 saturated heterocycles. The van der Waals surface area contributed by atoms with E-state index in [0.29, 0.717) is 5.82 Å². The fourth-order valence-electron chi connectivity index (χ4n) is 21.7. The summed E-state index contributed by atoms with van der Waals surface area (Å²) in [7, 11) is 0. The van der Waals surface area contributed by atoms with E-state index in [1.807, 2.05) is 24.5 Å². The zero-order valence-corrected chi connectivity index (χ0v) is 78.1. The van der Waals surface area contributed by atoms with E-state index in [9.17, 15) is 0 Å². The average Bonchev–Trinajstić information content (AvgIpc) is 1.58. The van der Waals surface area contributed by atoms with Crippen LogP contribution in [0.25, 0.3) is 255 Å². The van der Waals surface area contributed by atoms with Gasteiger partial charge < -0.3 is 27.4 Å². The van der Waals surface area contributed by atoms with Crippen molar-refractivity contribution in [1.82, 2.24) is 52.3 Å². The fraction of sp³-hybridized carbons (Fsp3) is 0. The third-order valence-electron chi connectivity index (χ3n) is 28.3. The Kier molecular flexibility index (Phi) is 20.7. The highest BCUT2D eigenvalue weighted by Gasteiger charge is 2.27. The van der Waals surface area contributed by atoms with Crippen molar-refractivity contribution in [3.63, 3.8) is 0 Å². The lowest BCUT2D eigenvalue weighted by atomic mass is 10.0. The van der Waals surface area contributed by atoms with Gasteiger partial charge in [-0.25, -0.2) is 24.9 Å². The molecule has 144 heavy (non-hydrogen) atoms.